The van der Waals surface area contributed by atoms with Crippen LogP contribution in [-0.2, 0) is 0 Å². The largest absolute Gasteiger partial charge is 0.507 e. The molecule has 1 aliphatic rings. The maximum Gasteiger partial charge on any atom is 0.255 e. The highest BCUT2D eigenvalue weighted by Crippen LogP contribution is 2.14. The highest BCUT2D eigenvalue weighted by molar-refractivity contribution is 14.0. The maximum absolute atomic E-state index is 12.0. The van der Waals surface area contributed by atoms with Crippen molar-refractivity contribution in [2.45, 2.75) is 26.2 Å². The zero-order chi connectivity index (χ0) is 18.6. The number of hydrogen-bond donors (Lipinski definition) is 4. The summed E-state index contributed by atoms with van der Waals surface area (Å²) in [5.74, 6) is 0.476. The minimum atomic E-state index is -0.281. The molecule has 7 nitrogen and oxygen atoms in total. The summed E-state index contributed by atoms with van der Waals surface area (Å²) in [7, 11) is 0. The molecule has 1 saturated heterocycles. The van der Waals surface area contributed by atoms with Crippen LogP contribution in [0.3, 0.4) is 0 Å². The number of likely N-dealkylation sites (tertiary alicyclic amines) is 1. The van der Waals surface area contributed by atoms with Crippen LogP contribution < -0.4 is 16.0 Å². The molecule has 8 heteroatoms. The molecule has 1 aliphatic heterocycles. The summed E-state index contributed by atoms with van der Waals surface area (Å²) in [4.78, 5) is 19.1. The Labute approximate surface area is 179 Å². The Kier molecular flexibility index (Phi) is 11.8. The first kappa shape index (κ1) is 23.5. The number of amides is 1. The number of nitrogens with zero attached hydrogens (tertiary/aromatic N) is 2. The van der Waals surface area contributed by atoms with Gasteiger partial charge in [0, 0.05) is 26.2 Å². The molecule has 0 radical (unpaired) electrons. The second-order valence-corrected chi connectivity index (χ2v) is 6.36. The average molecular weight is 489 g/mol. The third-order valence-electron chi connectivity index (χ3n) is 4.33. The Morgan fingerprint density at radius 2 is 1.81 bits per heavy atom. The molecule has 1 heterocycles. The first-order valence-corrected chi connectivity index (χ1v) is 9.51. The number of aliphatic imine (C=N–C) groups is 1. The predicted molar refractivity (Wildman–Crippen MR) is 120 cm³/mol. The van der Waals surface area contributed by atoms with Crippen molar-refractivity contribution in [3.8, 4) is 5.75 Å². The molecule has 0 aliphatic carbocycles. The lowest BCUT2D eigenvalue weighted by molar-refractivity contribution is 0.0951. The molecule has 0 spiro atoms. The van der Waals surface area contributed by atoms with Gasteiger partial charge in [-0.25, -0.2) is 0 Å². The van der Waals surface area contributed by atoms with Crippen LogP contribution in [0.2, 0.25) is 0 Å². The van der Waals surface area contributed by atoms with Crippen molar-refractivity contribution in [1.82, 2.24) is 20.9 Å². The minimum absolute atomic E-state index is 0. The van der Waals surface area contributed by atoms with Crippen LogP contribution in [0, 0.1) is 0 Å². The van der Waals surface area contributed by atoms with Crippen molar-refractivity contribution in [1.29, 1.82) is 0 Å². The highest BCUT2D eigenvalue weighted by atomic mass is 127. The summed E-state index contributed by atoms with van der Waals surface area (Å²) in [6.45, 7) is 7.94. The van der Waals surface area contributed by atoms with Gasteiger partial charge in [-0.05, 0) is 45.0 Å². The van der Waals surface area contributed by atoms with Crippen molar-refractivity contribution in [3.63, 3.8) is 0 Å². The number of rotatable bonds is 8. The van der Waals surface area contributed by atoms with Crippen molar-refractivity contribution in [2.24, 2.45) is 4.99 Å². The van der Waals surface area contributed by atoms with E-state index in [1.807, 2.05) is 6.92 Å². The van der Waals surface area contributed by atoms with E-state index in [4.69, 9.17) is 0 Å². The number of phenols is 1. The second-order valence-electron chi connectivity index (χ2n) is 6.36. The summed E-state index contributed by atoms with van der Waals surface area (Å²) >= 11 is 0. The molecule has 0 bridgehead atoms. The van der Waals surface area contributed by atoms with Gasteiger partial charge in [-0.3, -0.25) is 9.79 Å². The number of carbonyl (C=O) groups is 1. The topological polar surface area (TPSA) is 89.0 Å². The number of benzene rings is 1. The number of halogens is 1. The lowest BCUT2D eigenvalue weighted by Crippen LogP contribution is -2.42. The van der Waals surface area contributed by atoms with E-state index in [1.54, 1.807) is 18.2 Å². The molecular weight excluding hydrogens is 457 g/mol. The van der Waals surface area contributed by atoms with E-state index in [9.17, 15) is 9.90 Å². The monoisotopic (exact) mass is 489 g/mol. The number of hydrogen-bond acceptors (Lipinski definition) is 4. The van der Waals surface area contributed by atoms with Gasteiger partial charge in [0.1, 0.15) is 5.75 Å². The summed E-state index contributed by atoms with van der Waals surface area (Å²) in [6, 6.07) is 6.53. The van der Waals surface area contributed by atoms with Gasteiger partial charge in [0.25, 0.3) is 5.91 Å². The van der Waals surface area contributed by atoms with E-state index < -0.39 is 0 Å². The Morgan fingerprint density at radius 3 is 2.52 bits per heavy atom. The van der Waals surface area contributed by atoms with E-state index in [0.29, 0.717) is 13.1 Å². The average Bonchev–Trinajstić information content (AvgIpc) is 2.66. The van der Waals surface area contributed by atoms with Gasteiger partial charge < -0.3 is 26.0 Å². The molecule has 2 rings (SSSR count). The number of aromatic hydroxyl groups is 1. The number of piperidine rings is 1. The van der Waals surface area contributed by atoms with Crippen molar-refractivity contribution >= 4 is 35.8 Å². The van der Waals surface area contributed by atoms with Crippen LogP contribution in [0.15, 0.2) is 29.3 Å². The van der Waals surface area contributed by atoms with E-state index >= 15 is 0 Å². The van der Waals surface area contributed by atoms with Gasteiger partial charge in [-0.2, -0.15) is 0 Å². The molecule has 0 saturated carbocycles. The number of phenolic OH excluding ortho intramolecular Hbond substituents is 1. The molecule has 0 aromatic heterocycles. The maximum atomic E-state index is 12.0. The number of para-hydroxylation sites is 1. The molecule has 1 aromatic carbocycles. The van der Waals surface area contributed by atoms with Gasteiger partial charge in [-0.15, -0.1) is 24.0 Å². The van der Waals surface area contributed by atoms with E-state index in [0.717, 1.165) is 25.6 Å². The molecule has 4 N–H and O–H groups in total. The fraction of sp³-hybridized carbons (Fsp3) is 0.579. The molecule has 1 amide bonds. The van der Waals surface area contributed by atoms with Crippen molar-refractivity contribution in [2.75, 3.05) is 45.8 Å². The first-order chi connectivity index (χ1) is 12.7. The summed E-state index contributed by atoms with van der Waals surface area (Å²) in [5.41, 5.74) is 0.287. The standard InChI is InChI=1S/C19H31N5O2.HI/c1-2-20-19(23-12-15-24-13-6-3-7-14-24)22-11-10-21-18(26)16-8-4-5-9-17(16)25;/h4-5,8-9,25H,2-3,6-7,10-15H2,1H3,(H,21,26)(H2,20,22,23);1H. The molecule has 0 unspecified atom stereocenters. The van der Waals surface area contributed by atoms with E-state index in [-0.39, 0.29) is 41.2 Å². The van der Waals surface area contributed by atoms with Gasteiger partial charge in [0.2, 0.25) is 0 Å². The van der Waals surface area contributed by atoms with Crippen molar-refractivity contribution in [3.05, 3.63) is 29.8 Å². The SMILES string of the molecule is CCNC(=NCCN1CCCCC1)NCCNC(=O)c1ccccc1O.I. The van der Waals surface area contributed by atoms with Crippen LogP contribution >= 0.6 is 24.0 Å². The minimum Gasteiger partial charge on any atom is -0.507 e. The molecule has 152 valence electrons. The van der Waals surface area contributed by atoms with Crippen molar-refractivity contribution < 1.29 is 9.90 Å². The van der Waals surface area contributed by atoms with E-state index in [2.05, 4.69) is 25.8 Å². The number of carbonyl (C=O) groups excluding carboxylic acids is 1. The normalized spacial score (nSPS) is 14.9. The summed E-state index contributed by atoms with van der Waals surface area (Å²) in [6.07, 6.45) is 3.92. The second kappa shape index (κ2) is 13.6. The first-order valence-electron chi connectivity index (χ1n) is 9.51. The Balaban J connectivity index is 0.00000364. The number of nitrogens with one attached hydrogen (secondary N) is 3. The lowest BCUT2D eigenvalue weighted by Gasteiger charge is -2.25. The van der Waals surface area contributed by atoms with Crippen LogP contribution in [0.5, 0.6) is 5.75 Å². The molecule has 1 aromatic rings. The fourth-order valence-corrected chi connectivity index (χ4v) is 2.95. The zero-order valence-electron chi connectivity index (χ0n) is 16.0. The lowest BCUT2D eigenvalue weighted by atomic mass is 10.1. The predicted octanol–water partition coefficient (Wildman–Crippen LogP) is 1.78. The summed E-state index contributed by atoms with van der Waals surface area (Å²) < 4.78 is 0. The van der Waals surface area contributed by atoms with Gasteiger partial charge in [-0.1, -0.05) is 18.6 Å². The Hall–Kier alpha value is -1.55. The smallest absolute Gasteiger partial charge is 0.255 e. The van der Waals surface area contributed by atoms with Gasteiger partial charge in [0.15, 0.2) is 5.96 Å². The van der Waals surface area contributed by atoms with E-state index in [1.165, 1.54) is 38.4 Å². The van der Waals surface area contributed by atoms with Crippen LogP contribution in [0.25, 0.3) is 0 Å². The van der Waals surface area contributed by atoms with Gasteiger partial charge in [0.05, 0.1) is 12.1 Å². The van der Waals surface area contributed by atoms with Gasteiger partial charge >= 0.3 is 0 Å². The van der Waals surface area contributed by atoms with Crippen LogP contribution in [0.4, 0.5) is 0 Å². The zero-order valence-corrected chi connectivity index (χ0v) is 18.4. The summed E-state index contributed by atoms with van der Waals surface area (Å²) in [5, 5.41) is 18.9. The molecule has 27 heavy (non-hydrogen) atoms. The van der Waals surface area contributed by atoms with Crippen LogP contribution in [0.1, 0.15) is 36.5 Å². The third kappa shape index (κ3) is 8.79. The third-order valence-corrected chi connectivity index (χ3v) is 4.33. The molecule has 1 fully saturated rings. The number of guanidine groups is 1. The molecular formula is C19H32IN5O2. The Morgan fingerprint density at radius 1 is 1.11 bits per heavy atom. The fourth-order valence-electron chi connectivity index (χ4n) is 2.95. The Bertz CT molecular complexity index is 591. The molecule has 0 atom stereocenters. The quantitative estimate of drug-likeness (QED) is 0.194. The van der Waals surface area contributed by atoms with Crippen LogP contribution in [-0.4, -0.2) is 67.7 Å². The highest BCUT2D eigenvalue weighted by Gasteiger charge is 2.10.